The molecule has 0 saturated heterocycles. The van der Waals surface area contributed by atoms with Gasteiger partial charge in [-0.15, -0.1) is 0 Å². The molecule has 1 aromatic carbocycles. The molecule has 0 bridgehead atoms. The number of imidazole rings is 1. The SMILES string of the molecule is CCc1cc(C(=O)NC(C)c2ccc(-n3ccnc3)cc2)cc(=O)[nH]1. The van der Waals surface area contributed by atoms with Crippen molar-refractivity contribution in [2.45, 2.75) is 26.3 Å². The van der Waals surface area contributed by atoms with Crippen molar-refractivity contribution in [2.24, 2.45) is 0 Å². The number of carbonyl (C=O) groups is 1. The largest absolute Gasteiger partial charge is 0.346 e. The number of nitrogens with one attached hydrogen (secondary N) is 2. The minimum atomic E-state index is -0.262. The molecule has 6 nitrogen and oxygen atoms in total. The van der Waals surface area contributed by atoms with Crippen molar-refractivity contribution >= 4 is 5.91 Å². The third-order valence-corrected chi connectivity index (χ3v) is 4.09. The Morgan fingerprint density at radius 2 is 2.04 bits per heavy atom. The molecule has 25 heavy (non-hydrogen) atoms. The number of nitrogens with zero attached hydrogens (tertiary/aromatic N) is 2. The predicted molar refractivity (Wildman–Crippen MR) is 95.9 cm³/mol. The van der Waals surface area contributed by atoms with Crippen LogP contribution in [0.15, 0.2) is 59.9 Å². The first-order valence-electron chi connectivity index (χ1n) is 8.19. The highest BCUT2D eigenvalue weighted by molar-refractivity contribution is 5.94. The summed E-state index contributed by atoms with van der Waals surface area (Å²) in [6.07, 6.45) is 6.00. The van der Waals surface area contributed by atoms with Gasteiger partial charge in [0.05, 0.1) is 12.4 Å². The lowest BCUT2D eigenvalue weighted by molar-refractivity contribution is 0.0939. The molecule has 0 spiro atoms. The molecule has 2 heterocycles. The zero-order valence-electron chi connectivity index (χ0n) is 14.2. The number of benzene rings is 1. The lowest BCUT2D eigenvalue weighted by atomic mass is 10.1. The van der Waals surface area contributed by atoms with Crippen molar-refractivity contribution < 1.29 is 4.79 Å². The Morgan fingerprint density at radius 1 is 1.28 bits per heavy atom. The van der Waals surface area contributed by atoms with Crippen molar-refractivity contribution in [1.29, 1.82) is 0 Å². The fourth-order valence-electron chi connectivity index (χ4n) is 2.63. The molecule has 1 amide bonds. The van der Waals surface area contributed by atoms with E-state index in [4.69, 9.17) is 0 Å². The van der Waals surface area contributed by atoms with Crippen LogP contribution < -0.4 is 10.9 Å². The highest BCUT2D eigenvalue weighted by Crippen LogP contribution is 2.16. The summed E-state index contributed by atoms with van der Waals surface area (Å²) in [6, 6.07) is 10.7. The number of hydrogen-bond acceptors (Lipinski definition) is 3. The number of aromatic nitrogens is 3. The van der Waals surface area contributed by atoms with Crippen molar-refractivity contribution in [2.75, 3.05) is 0 Å². The first kappa shape index (κ1) is 16.7. The Kier molecular flexibility index (Phi) is 4.79. The smallest absolute Gasteiger partial charge is 0.252 e. The number of hydrogen-bond donors (Lipinski definition) is 2. The molecule has 0 saturated carbocycles. The molecule has 2 N–H and O–H groups in total. The van der Waals surface area contributed by atoms with Crippen molar-refractivity contribution in [3.05, 3.63) is 82.3 Å². The normalized spacial score (nSPS) is 11.9. The minimum Gasteiger partial charge on any atom is -0.346 e. The Morgan fingerprint density at radius 3 is 2.68 bits per heavy atom. The Bertz CT molecular complexity index is 911. The maximum absolute atomic E-state index is 12.4. The zero-order valence-corrected chi connectivity index (χ0v) is 14.2. The molecular formula is C19H20N4O2. The average Bonchev–Trinajstić information content (AvgIpc) is 3.15. The van der Waals surface area contributed by atoms with Gasteiger partial charge in [0.15, 0.2) is 0 Å². The molecule has 0 radical (unpaired) electrons. The summed E-state index contributed by atoms with van der Waals surface area (Å²) in [6.45, 7) is 3.84. The molecule has 0 aliphatic rings. The predicted octanol–water partition coefficient (Wildman–Crippen LogP) is 2.61. The van der Waals surface area contributed by atoms with Crippen LogP contribution in [0.5, 0.6) is 0 Å². The van der Waals surface area contributed by atoms with Gasteiger partial charge in [-0.3, -0.25) is 9.59 Å². The maximum Gasteiger partial charge on any atom is 0.252 e. The second-order valence-electron chi connectivity index (χ2n) is 5.87. The van der Waals surface area contributed by atoms with Crippen molar-refractivity contribution in [3.63, 3.8) is 0 Å². The van der Waals surface area contributed by atoms with Crippen LogP contribution >= 0.6 is 0 Å². The number of amides is 1. The Balaban J connectivity index is 1.73. The summed E-state index contributed by atoms with van der Waals surface area (Å²) >= 11 is 0. The molecule has 6 heteroatoms. The minimum absolute atomic E-state index is 0.172. The van der Waals surface area contributed by atoms with Crippen molar-refractivity contribution in [1.82, 2.24) is 19.9 Å². The van der Waals surface area contributed by atoms with E-state index in [-0.39, 0.29) is 17.5 Å². The first-order chi connectivity index (χ1) is 12.1. The Labute approximate surface area is 145 Å². The van der Waals surface area contributed by atoms with Gasteiger partial charge in [0, 0.05) is 35.4 Å². The van der Waals surface area contributed by atoms with Gasteiger partial charge in [-0.25, -0.2) is 4.98 Å². The van der Waals surface area contributed by atoms with E-state index in [1.54, 1.807) is 18.6 Å². The van der Waals surface area contributed by atoms with Gasteiger partial charge in [-0.2, -0.15) is 0 Å². The number of aromatic amines is 1. The lowest BCUT2D eigenvalue weighted by Gasteiger charge is -2.15. The summed E-state index contributed by atoms with van der Waals surface area (Å²) in [7, 11) is 0. The number of carbonyl (C=O) groups excluding carboxylic acids is 1. The van der Waals surface area contributed by atoms with Gasteiger partial charge in [-0.1, -0.05) is 19.1 Å². The van der Waals surface area contributed by atoms with Crippen LogP contribution in [0, 0.1) is 0 Å². The molecule has 1 atom stereocenters. The molecule has 3 aromatic rings. The van der Waals surface area contributed by atoms with E-state index < -0.39 is 0 Å². The van der Waals surface area contributed by atoms with Gasteiger partial charge >= 0.3 is 0 Å². The summed E-state index contributed by atoms with van der Waals surface area (Å²) in [4.78, 5) is 30.8. The average molecular weight is 336 g/mol. The number of rotatable bonds is 5. The standard InChI is InChI=1S/C19H20N4O2/c1-3-16-10-15(11-18(24)22-16)19(25)21-13(2)14-4-6-17(7-5-14)23-9-8-20-12-23/h4-13H,3H2,1-2H3,(H,21,25)(H,22,24). The lowest BCUT2D eigenvalue weighted by Crippen LogP contribution is -2.28. The van der Waals surface area contributed by atoms with E-state index >= 15 is 0 Å². The van der Waals surface area contributed by atoms with Gasteiger partial charge in [0.2, 0.25) is 5.56 Å². The number of pyridine rings is 1. The molecule has 128 valence electrons. The van der Waals surface area contributed by atoms with Gasteiger partial charge < -0.3 is 14.9 Å². The second kappa shape index (κ2) is 7.17. The van der Waals surface area contributed by atoms with E-state index in [1.165, 1.54) is 6.07 Å². The molecule has 2 aromatic heterocycles. The van der Waals surface area contributed by atoms with Crippen LogP contribution in [0.2, 0.25) is 0 Å². The van der Waals surface area contributed by atoms with E-state index in [1.807, 2.05) is 48.9 Å². The van der Waals surface area contributed by atoms with E-state index in [2.05, 4.69) is 15.3 Å². The Hall–Kier alpha value is -3.15. The quantitative estimate of drug-likeness (QED) is 0.751. The number of aryl methyl sites for hydroxylation is 1. The molecular weight excluding hydrogens is 316 g/mol. The summed E-state index contributed by atoms with van der Waals surface area (Å²) < 4.78 is 1.91. The monoisotopic (exact) mass is 336 g/mol. The molecule has 0 aliphatic carbocycles. The second-order valence-corrected chi connectivity index (χ2v) is 5.87. The summed E-state index contributed by atoms with van der Waals surface area (Å²) in [5.41, 5.74) is 2.85. The highest BCUT2D eigenvalue weighted by Gasteiger charge is 2.13. The third kappa shape index (κ3) is 3.85. The van der Waals surface area contributed by atoms with Crippen LogP contribution in [-0.2, 0) is 6.42 Å². The fraction of sp³-hybridized carbons (Fsp3) is 0.211. The first-order valence-corrected chi connectivity index (χ1v) is 8.19. The summed E-state index contributed by atoms with van der Waals surface area (Å²) in [5, 5.41) is 2.93. The van der Waals surface area contributed by atoms with Crippen molar-refractivity contribution in [3.8, 4) is 5.69 Å². The fourth-order valence-corrected chi connectivity index (χ4v) is 2.63. The zero-order chi connectivity index (χ0) is 17.8. The van der Waals surface area contributed by atoms with E-state index in [0.717, 1.165) is 16.9 Å². The highest BCUT2D eigenvalue weighted by atomic mass is 16.2. The topological polar surface area (TPSA) is 79.8 Å². The maximum atomic E-state index is 12.4. The molecule has 3 rings (SSSR count). The van der Waals surface area contributed by atoms with Crippen LogP contribution in [0.4, 0.5) is 0 Å². The van der Waals surface area contributed by atoms with Crippen LogP contribution in [0.3, 0.4) is 0 Å². The summed E-state index contributed by atoms with van der Waals surface area (Å²) in [5.74, 6) is -0.257. The van der Waals surface area contributed by atoms with Gasteiger partial charge in [0.1, 0.15) is 0 Å². The van der Waals surface area contributed by atoms with Crippen LogP contribution in [0.1, 0.15) is 41.5 Å². The molecule has 0 fully saturated rings. The molecule has 0 aliphatic heterocycles. The molecule has 1 unspecified atom stereocenters. The van der Waals surface area contributed by atoms with Gasteiger partial charge in [-0.05, 0) is 37.1 Å². The third-order valence-electron chi connectivity index (χ3n) is 4.09. The van der Waals surface area contributed by atoms with Gasteiger partial charge in [0.25, 0.3) is 5.91 Å². The van der Waals surface area contributed by atoms with E-state index in [0.29, 0.717) is 12.0 Å². The van der Waals surface area contributed by atoms with Crippen LogP contribution in [0.25, 0.3) is 5.69 Å². The van der Waals surface area contributed by atoms with E-state index in [9.17, 15) is 9.59 Å². The van der Waals surface area contributed by atoms with Crippen LogP contribution in [-0.4, -0.2) is 20.4 Å². The number of H-pyrrole nitrogens is 1.